The molecule has 1 heterocycles. The maximum atomic E-state index is 13.1. The highest BCUT2D eigenvalue weighted by Crippen LogP contribution is 2.18. The lowest BCUT2D eigenvalue weighted by atomic mass is 10.3. The number of rotatable bonds is 4. The van der Waals surface area contributed by atoms with Gasteiger partial charge in [0.25, 0.3) is 0 Å². The van der Waals surface area contributed by atoms with E-state index < -0.39 is 11.6 Å². The number of ether oxygens (including phenoxy) is 3. The molecule has 0 radical (unpaired) electrons. The summed E-state index contributed by atoms with van der Waals surface area (Å²) in [5.41, 5.74) is 0. The average Bonchev–Trinajstić information content (AvgIpc) is 2.76. The van der Waals surface area contributed by atoms with Crippen molar-refractivity contribution in [2.75, 3.05) is 19.8 Å². The molecule has 0 aliphatic carbocycles. The molecule has 1 aliphatic heterocycles. The van der Waals surface area contributed by atoms with E-state index in [0.717, 1.165) is 18.2 Å². The van der Waals surface area contributed by atoms with E-state index in [9.17, 15) is 8.78 Å². The molecule has 1 aliphatic rings. The number of hydrogen-bond donors (Lipinski definition) is 0. The van der Waals surface area contributed by atoms with E-state index in [4.69, 9.17) is 14.2 Å². The van der Waals surface area contributed by atoms with Crippen LogP contribution in [-0.4, -0.2) is 26.1 Å². The summed E-state index contributed by atoms with van der Waals surface area (Å²) in [5, 5.41) is 0. The molecule has 88 valence electrons. The minimum Gasteiger partial charge on any atom is -0.490 e. The molecule has 5 heteroatoms. The van der Waals surface area contributed by atoms with E-state index in [1.165, 1.54) is 0 Å². The first-order chi connectivity index (χ1) is 7.75. The summed E-state index contributed by atoms with van der Waals surface area (Å²) in [6.45, 7) is 1.36. The van der Waals surface area contributed by atoms with Gasteiger partial charge in [-0.2, -0.15) is 0 Å². The van der Waals surface area contributed by atoms with Crippen LogP contribution in [0.3, 0.4) is 0 Å². The van der Waals surface area contributed by atoms with Crippen LogP contribution in [0.25, 0.3) is 0 Å². The van der Waals surface area contributed by atoms with Crippen LogP contribution in [0, 0.1) is 11.6 Å². The van der Waals surface area contributed by atoms with Crippen molar-refractivity contribution in [3.8, 4) is 5.75 Å². The smallest absolute Gasteiger partial charge is 0.165 e. The van der Waals surface area contributed by atoms with E-state index in [1.54, 1.807) is 0 Å². The van der Waals surface area contributed by atoms with Crippen molar-refractivity contribution in [1.29, 1.82) is 0 Å². The Morgan fingerprint density at radius 1 is 1.25 bits per heavy atom. The molecule has 1 saturated heterocycles. The third-order valence-electron chi connectivity index (χ3n) is 2.20. The molecule has 0 aromatic heterocycles. The lowest BCUT2D eigenvalue weighted by Crippen LogP contribution is -2.13. The van der Waals surface area contributed by atoms with Crippen molar-refractivity contribution in [2.45, 2.75) is 12.7 Å². The molecule has 0 N–H and O–H groups in total. The summed E-state index contributed by atoms with van der Waals surface area (Å²) in [6.07, 6.45) is 0.201. The normalized spacial score (nSPS) is 16.6. The molecule has 0 bridgehead atoms. The summed E-state index contributed by atoms with van der Waals surface area (Å²) in [5.74, 6) is -1.18. The summed E-state index contributed by atoms with van der Waals surface area (Å²) >= 11 is 0. The van der Waals surface area contributed by atoms with Gasteiger partial charge in [-0.15, -0.1) is 0 Å². The maximum Gasteiger partial charge on any atom is 0.165 e. The largest absolute Gasteiger partial charge is 0.490 e. The predicted molar refractivity (Wildman–Crippen MR) is 52.2 cm³/mol. The molecule has 0 unspecified atom stereocenters. The van der Waals surface area contributed by atoms with Gasteiger partial charge in [0.2, 0.25) is 0 Å². The monoisotopic (exact) mass is 230 g/mol. The number of halogens is 2. The van der Waals surface area contributed by atoms with E-state index in [-0.39, 0.29) is 18.6 Å². The fourth-order valence-electron chi connectivity index (χ4n) is 1.43. The summed E-state index contributed by atoms with van der Waals surface area (Å²) in [7, 11) is 0. The Balaban J connectivity index is 1.82. The molecular weight excluding hydrogens is 218 g/mol. The zero-order valence-corrected chi connectivity index (χ0v) is 8.62. The molecule has 3 nitrogen and oxygen atoms in total. The van der Waals surface area contributed by atoms with Crippen LogP contribution in [-0.2, 0) is 9.47 Å². The Hall–Kier alpha value is -1.20. The molecule has 1 fully saturated rings. The Morgan fingerprint density at radius 3 is 2.75 bits per heavy atom. The van der Waals surface area contributed by atoms with Crippen LogP contribution in [0.1, 0.15) is 6.42 Å². The van der Waals surface area contributed by atoms with Gasteiger partial charge in [-0.05, 0) is 12.1 Å². The molecule has 0 saturated carbocycles. The third-order valence-corrected chi connectivity index (χ3v) is 2.20. The van der Waals surface area contributed by atoms with Crippen molar-refractivity contribution < 1.29 is 23.0 Å². The van der Waals surface area contributed by atoms with Crippen LogP contribution in [0.2, 0.25) is 0 Å². The highest BCUT2D eigenvalue weighted by molar-refractivity contribution is 5.24. The first kappa shape index (κ1) is 11.3. The number of benzene rings is 1. The van der Waals surface area contributed by atoms with Crippen LogP contribution in [0.5, 0.6) is 5.75 Å². The number of hydrogen-bond acceptors (Lipinski definition) is 3. The predicted octanol–water partition coefficient (Wildman–Crippen LogP) is 2.11. The van der Waals surface area contributed by atoms with Gasteiger partial charge in [-0.1, -0.05) is 0 Å². The second-order valence-corrected chi connectivity index (χ2v) is 3.38. The fourth-order valence-corrected chi connectivity index (χ4v) is 1.43. The Morgan fingerprint density at radius 2 is 2.00 bits per heavy atom. The van der Waals surface area contributed by atoms with Gasteiger partial charge in [-0.25, -0.2) is 8.78 Å². The summed E-state index contributed by atoms with van der Waals surface area (Å²) < 4.78 is 41.3. The van der Waals surface area contributed by atoms with E-state index >= 15 is 0 Å². The molecule has 1 aromatic carbocycles. The molecule has 0 amide bonds. The van der Waals surface area contributed by atoms with Gasteiger partial charge < -0.3 is 14.2 Å². The third kappa shape index (κ3) is 2.90. The van der Waals surface area contributed by atoms with Crippen molar-refractivity contribution in [3.63, 3.8) is 0 Å². The topological polar surface area (TPSA) is 27.7 Å². The molecule has 16 heavy (non-hydrogen) atoms. The highest BCUT2D eigenvalue weighted by atomic mass is 19.1. The molecule has 1 aromatic rings. The standard InChI is InChI=1S/C11H12F2O3/c12-8-1-2-9(13)10(7-8)14-4-3-11-15-5-6-16-11/h1-2,7,11H,3-6H2. The Labute approximate surface area is 91.9 Å². The summed E-state index contributed by atoms with van der Waals surface area (Å²) in [6, 6.07) is 3.10. The van der Waals surface area contributed by atoms with Crippen molar-refractivity contribution in [1.82, 2.24) is 0 Å². The SMILES string of the molecule is Fc1ccc(F)c(OCCC2OCCO2)c1. The molecule has 0 spiro atoms. The van der Waals surface area contributed by atoms with E-state index in [0.29, 0.717) is 19.6 Å². The zero-order valence-electron chi connectivity index (χ0n) is 8.62. The van der Waals surface area contributed by atoms with E-state index in [1.807, 2.05) is 0 Å². The van der Waals surface area contributed by atoms with Crippen LogP contribution >= 0.6 is 0 Å². The molecular formula is C11H12F2O3. The lowest BCUT2D eigenvalue weighted by molar-refractivity contribution is -0.0533. The van der Waals surface area contributed by atoms with Crippen molar-refractivity contribution in [3.05, 3.63) is 29.8 Å². The first-order valence-electron chi connectivity index (χ1n) is 5.07. The van der Waals surface area contributed by atoms with Crippen molar-refractivity contribution >= 4 is 0 Å². The van der Waals surface area contributed by atoms with Gasteiger partial charge in [-0.3, -0.25) is 0 Å². The quantitative estimate of drug-likeness (QED) is 0.792. The highest BCUT2D eigenvalue weighted by Gasteiger charge is 2.16. The lowest BCUT2D eigenvalue weighted by Gasteiger charge is -2.10. The van der Waals surface area contributed by atoms with Gasteiger partial charge >= 0.3 is 0 Å². The maximum absolute atomic E-state index is 13.1. The van der Waals surface area contributed by atoms with E-state index in [2.05, 4.69) is 0 Å². The average molecular weight is 230 g/mol. The zero-order chi connectivity index (χ0) is 11.4. The second-order valence-electron chi connectivity index (χ2n) is 3.38. The fraction of sp³-hybridized carbons (Fsp3) is 0.455. The molecule has 0 atom stereocenters. The summed E-state index contributed by atoms with van der Waals surface area (Å²) in [4.78, 5) is 0. The van der Waals surface area contributed by atoms with Crippen LogP contribution in [0.4, 0.5) is 8.78 Å². The van der Waals surface area contributed by atoms with Gasteiger partial charge in [0, 0.05) is 12.5 Å². The van der Waals surface area contributed by atoms with Gasteiger partial charge in [0.05, 0.1) is 19.8 Å². The van der Waals surface area contributed by atoms with Crippen molar-refractivity contribution in [2.24, 2.45) is 0 Å². The van der Waals surface area contributed by atoms with Crippen LogP contribution in [0.15, 0.2) is 18.2 Å². The minimum absolute atomic E-state index is 0.0852. The van der Waals surface area contributed by atoms with Crippen LogP contribution < -0.4 is 4.74 Å². The second kappa shape index (κ2) is 5.23. The first-order valence-corrected chi connectivity index (χ1v) is 5.07. The van der Waals surface area contributed by atoms with Gasteiger partial charge in [0.1, 0.15) is 5.82 Å². The Kier molecular flexibility index (Phi) is 3.69. The molecule has 2 rings (SSSR count). The minimum atomic E-state index is -0.574. The van der Waals surface area contributed by atoms with Gasteiger partial charge in [0.15, 0.2) is 17.9 Å². The Bertz CT molecular complexity index is 351.